The molecule has 0 saturated heterocycles. The molecule has 1 heterocycles. The average Bonchev–Trinajstić information content (AvgIpc) is 2.47. The second-order valence-corrected chi connectivity index (χ2v) is 5.66. The highest BCUT2D eigenvalue weighted by Crippen LogP contribution is 2.32. The van der Waals surface area contributed by atoms with Crippen LogP contribution in [0.5, 0.6) is 0 Å². The van der Waals surface area contributed by atoms with Crippen LogP contribution in [-0.2, 0) is 0 Å². The van der Waals surface area contributed by atoms with Crippen LogP contribution in [0.2, 0.25) is 0 Å². The highest BCUT2D eigenvalue weighted by molar-refractivity contribution is 7.99. The van der Waals surface area contributed by atoms with Crippen molar-refractivity contribution in [3.63, 3.8) is 0 Å². The van der Waals surface area contributed by atoms with E-state index in [4.69, 9.17) is 0 Å². The Morgan fingerprint density at radius 3 is 2.93 bits per heavy atom. The molecule has 0 aromatic carbocycles. The van der Waals surface area contributed by atoms with Gasteiger partial charge in [-0.25, -0.2) is 0 Å². The standard InChI is InChI=1S/C11H13NS2/c1-8-3-5-9-7-11(14-12-2)13-10(9)6-4-8/h3-8,12H,1-2H3. The van der Waals surface area contributed by atoms with Gasteiger partial charge in [0.05, 0.1) is 4.21 Å². The Balaban J connectivity index is 2.31. The Bertz CT molecular complexity index is 345. The molecule has 14 heavy (non-hydrogen) atoms. The summed E-state index contributed by atoms with van der Waals surface area (Å²) in [5.41, 5.74) is 1.34. The predicted molar refractivity (Wildman–Crippen MR) is 66.5 cm³/mol. The second kappa shape index (κ2) is 4.34. The number of nitrogens with one attached hydrogen (secondary N) is 1. The summed E-state index contributed by atoms with van der Waals surface area (Å²) in [5.74, 6) is 0.551. The number of hydrogen-bond acceptors (Lipinski definition) is 3. The highest BCUT2D eigenvalue weighted by atomic mass is 32.2. The van der Waals surface area contributed by atoms with Gasteiger partial charge in [0.1, 0.15) is 0 Å². The maximum atomic E-state index is 3.10. The Hall–Kier alpha value is -0.510. The summed E-state index contributed by atoms with van der Waals surface area (Å²) in [6.45, 7) is 2.20. The molecule has 74 valence electrons. The molecule has 0 radical (unpaired) electrons. The molecule has 1 N–H and O–H groups in total. The molecule has 1 atom stereocenters. The van der Waals surface area contributed by atoms with Crippen molar-refractivity contribution in [3.05, 3.63) is 28.7 Å². The first-order valence-electron chi connectivity index (χ1n) is 4.63. The van der Waals surface area contributed by atoms with Gasteiger partial charge in [0.25, 0.3) is 0 Å². The molecule has 1 nitrogen and oxygen atoms in total. The third-order valence-electron chi connectivity index (χ3n) is 2.10. The fraction of sp³-hybridized carbons (Fsp3) is 0.273. The lowest BCUT2D eigenvalue weighted by molar-refractivity contribution is 0.954. The lowest BCUT2D eigenvalue weighted by Gasteiger charge is -1.93. The molecule has 2 rings (SSSR count). The van der Waals surface area contributed by atoms with Gasteiger partial charge in [-0.05, 0) is 42.6 Å². The van der Waals surface area contributed by atoms with Crippen LogP contribution < -0.4 is 4.72 Å². The summed E-state index contributed by atoms with van der Waals surface area (Å²) in [7, 11) is 1.95. The quantitative estimate of drug-likeness (QED) is 0.768. The first kappa shape index (κ1) is 10.0. The number of hydrogen-bond donors (Lipinski definition) is 1. The lowest BCUT2D eigenvalue weighted by Crippen LogP contribution is -1.87. The van der Waals surface area contributed by atoms with Gasteiger partial charge >= 0.3 is 0 Å². The predicted octanol–water partition coefficient (Wildman–Crippen LogP) is 3.65. The van der Waals surface area contributed by atoms with Crippen molar-refractivity contribution < 1.29 is 0 Å². The summed E-state index contributed by atoms with van der Waals surface area (Å²) >= 11 is 3.51. The van der Waals surface area contributed by atoms with E-state index in [1.165, 1.54) is 14.6 Å². The zero-order chi connectivity index (χ0) is 9.97. The third kappa shape index (κ3) is 2.11. The van der Waals surface area contributed by atoms with E-state index >= 15 is 0 Å². The van der Waals surface area contributed by atoms with Crippen molar-refractivity contribution in [2.24, 2.45) is 5.92 Å². The number of allylic oxidation sites excluding steroid dienone is 2. The summed E-state index contributed by atoms with van der Waals surface area (Å²) in [6, 6.07) is 2.24. The van der Waals surface area contributed by atoms with Gasteiger partial charge in [-0.3, -0.25) is 4.72 Å². The van der Waals surface area contributed by atoms with E-state index in [0.717, 1.165) is 0 Å². The average molecular weight is 223 g/mol. The molecular formula is C11H13NS2. The van der Waals surface area contributed by atoms with E-state index in [2.05, 4.69) is 42.0 Å². The fourth-order valence-electron chi connectivity index (χ4n) is 1.37. The largest absolute Gasteiger partial charge is 0.262 e. The maximum absolute atomic E-state index is 3.10. The van der Waals surface area contributed by atoms with Crippen LogP contribution in [0.3, 0.4) is 0 Å². The monoisotopic (exact) mass is 223 g/mol. The Labute approximate surface area is 93.0 Å². The molecule has 1 aromatic rings. The van der Waals surface area contributed by atoms with E-state index in [1.54, 1.807) is 11.9 Å². The summed E-state index contributed by atoms with van der Waals surface area (Å²) in [5, 5.41) is 0. The van der Waals surface area contributed by atoms with E-state index in [1.807, 2.05) is 18.4 Å². The zero-order valence-corrected chi connectivity index (χ0v) is 9.91. The van der Waals surface area contributed by atoms with Gasteiger partial charge in [0.2, 0.25) is 0 Å². The number of fused-ring (bicyclic) bond motifs is 1. The molecule has 0 amide bonds. The van der Waals surface area contributed by atoms with E-state index in [9.17, 15) is 0 Å². The molecule has 0 fully saturated rings. The molecule has 0 bridgehead atoms. The number of thiophene rings is 1. The fourth-order valence-corrected chi connectivity index (χ4v) is 3.23. The summed E-state index contributed by atoms with van der Waals surface area (Å²) < 4.78 is 4.42. The SMILES string of the molecule is CNSc1cc2c(s1)C=CC(C)C=C2. The minimum atomic E-state index is 0.551. The number of rotatable bonds is 2. The van der Waals surface area contributed by atoms with Crippen molar-refractivity contribution in [2.75, 3.05) is 7.05 Å². The van der Waals surface area contributed by atoms with Gasteiger partial charge in [0, 0.05) is 4.88 Å². The second-order valence-electron chi connectivity index (χ2n) is 3.27. The van der Waals surface area contributed by atoms with Crippen molar-refractivity contribution in [1.29, 1.82) is 0 Å². The Morgan fingerprint density at radius 1 is 1.36 bits per heavy atom. The van der Waals surface area contributed by atoms with E-state index in [0.29, 0.717) is 5.92 Å². The normalized spacial score (nSPS) is 19.4. The molecule has 0 spiro atoms. The van der Waals surface area contributed by atoms with Gasteiger partial charge < -0.3 is 0 Å². The van der Waals surface area contributed by atoms with Crippen molar-refractivity contribution in [1.82, 2.24) is 4.72 Å². The van der Waals surface area contributed by atoms with E-state index in [-0.39, 0.29) is 0 Å². The summed E-state index contributed by atoms with van der Waals surface area (Å²) in [6.07, 6.45) is 8.93. The van der Waals surface area contributed by atoms with Crippen LogP contribution in [0.25, 0.3) is 12.2 Å². The van der Waals surface area contributed by atoms with Crippen molar-refractivity contribution in [3.8, 4) is 0 Å². The van der Waals surface area contributed by atoms with E-state index < -0.39 is 0 Å². The van der Waals surface area contributed by atoms with Crippen molar-refractivity contribution >= 4 is 35.4 Å². The van der Waals surface area contributed by atoms with Crippen LogP contribution in [-0.4, -0.2) is 7.05 Å². The molecule has 1 aromatic heterocycles. The molecular weight excluding hydrogens is 210 g/mol. The van der Waals surface area contributed by atoms with Crippen molar-refractivity contribution in [2.45, 2.75) is 11.1 Å². The first-order valence-corrected chi connectivity index (χ1v) is 6.26. The molecule has 0 saturated carbocycles. The smallest absolute Gasteiger partial charge is 0.0763 e. The maximum Gasteiger partial charge on any atom is 0.0763 e. The van der Waals surface area contributed by atoms with Gasteiger partial charge in [-0.15, -0.1) is 11.3 Å². The van der Waals surface area contributed by atoms with Crippen LogP contribution >= 0.6 is 23.3 Å². The lowest BCUT2D eigenvalue weighted by atomic mass is 10.1. The van der Waals surface area contributed by atoms with Gasteiger partial charge in [0.15, 0.2) is 0 Å². The molecule has 1 aliphatic rings. The minimum absolute atomic E-state index is 0.551. The van der Waals surface area contributed by atoms with Crippen LogP contribution in [0.1, 0.15) is 17.4 Å². The third-order valence-corrected chi connectivity index (χ3v) is 4.04. The van der Waals surface area contributed by atoms with Gasteiger partial charge in [-0.1, -0.05) is 25.2 Å². The molecule has 1 aliphatic carbocycles. The molecule has 3 heteroatoms. The molecule has 0 aliphatic heterocycles. The summed E-state index contributed by atoms with van der Waals surface area (Å²) in [4.78, 5) is 1.36. The van der Waals surface area contributed by atoms with Crippen LogP contribution in [0, 0.1) is 5.92 Å². The van der Waals surface area contributed by atoms with Gasteiger partial charge in [-0.2, -0.15) is 0 Å². The van der Waals surface area contributed by atoms with Crippen LogP contribution in [0.15, 0.2) is 22.4 Å². The highest BCUT2D eigenvalue weighted by Gasteiger charge is 2.07. The topological polar surface area (TPSA) is 12.0 Å². The molecule has 1 unspecified atom stereocenters. The minimum Gasteiger partial charge on any atom is -0.262 e. The van der Waals surface area contributed by atoms with Crippen LogP contribution in [0.4, 0.5) is 0 Å². The Kier molecular flexibility index (Phi) is 3.11. The first-order chi connectivity index (χ1) is 6.79. The Morgan fingerprint density at radius 2 is 2.14 bits per heavy atom. The zero-order valence-electron chi connectivity index (χ0n) is 8.28.